The van der Waals surface area contributed by atoms with Gasteiger partial charge in [0.25, 0.3) is 29.5 Å². The molecule has 28 heteroatoms. The van der Waals surface area contributed by atoms with Gasteiger partial charge in [-0.15, -0.1) is 6.58 Å². The highest BCUT2D eigenvalue weighted by atomic mass is 16.5. The summed E-state index contributed by atoms with van der Waals surface area (Å²) in [6.07, 6.45) is 23.8. The number of carbonyl (C=O) groups excluding carboxylic acids is 8. The van der Waals surface area contributed by atoms with E-state index < -0.39 is 84.6 Å². The lowest BCUT2D eigenvalue weighted by atomic mass is 9.48. The monoisotopic (exact) mass is 1840 g/mol. The summed E-state index contributed by atoms with van der Waals surface area (Å²) in [7, 11) is 0. The molecule has 5 amide bonds. The predicted molar refractivity (Wildman–Crippen MR) is 501 cm³/mol. The van der Waals surface area contributed by atoms with Gasteiger partial charge in [0, 0.05) is 146 Å². The fraction of sp³-hybridized carbons (Fsp3) is 0.570. The molecule has 13 aliphatic carbocycles. The van der Waals surface area contributed by atoms with Crippen molar-refractivity contribution in [1.82, 2.24) is 24.5 Å². The second-order valence-corrected chi connectivity index (χ2v) is 44.3. The summed E-state index contributed by atoms with van der Waals surface area (Å²) >= 11 is 0. The van der Waals surface area contributed by atoms with Gasteiger partial charge in [-0.25, -0.2) is 0 Å². The van der Waals surface area contributed by atoms with Crippen molar-refractivity contribution in [1.29, 1.82) is 0 Å². The van der Waals surface area contributed by atoms with Gasteiger partial charge >= 0.3 is 0 Å². The molecule has 0 radical (unpaired) electrons. The molecule has 5 saturated heterocycles. The SMILES string of the molecule is C=C1CC[C@@]2(O)[C@H]3Cc4ccc(C(N)=O)c5c4[C@@]2(CCN3CC2CC2)[C@H]1O5.C=C1CC[C@@]2(O)[C@H]3Cc4ccc(C(N)=O)c5c4[C@@]2(CCN3CC2CC2)[C@H]1O5.C=CCN1CC[C@]23CC(=O)CC[C@@]2(O)[C@H]1Cc1ccc(C(N)=O)c(O)c13.CC(C)=CCN1CC[C@]23CC(=O)CC[C@@]2(O)[C@H]1Cc1ccc(C(N)=O)c(O)c13.NC(=O)c1ccc2c(c1O)[C@]13CCN(CC4CC4)[C@H](C2)[C@]1(O)CCC(=O)C3. The number of aliphatic hydroxyl groups is 5. The van der Waals surface area contributed by atoms with E-state index in [2.05, 4.69) is 64.2 Å². The maximum absolute atomic E-state index is 12.5. The van der Waals surface area contributed by atoms with Crippen LogP contribution in [0.5, 0.6) is 28.7 Å². The molecule has 10 bridgehead atoms. The molecular formula is C107H130N10O18. The number of primary amides is 5. The Labute approximate surface area is 786 Å². The van der Waals surface area contributed by atoms with E-state index in [1.165, 1.54) is 61.3 Å². The molecule has 135 heavy (non-hydrogen) atoms. The zero-order valence-corrected chi connectivity index (χ0v) is 77.7. The fourth-order valence-electron chi connectivity index (χ4n) is 30.6. The van der Waals surface area contributed by atoms with Crippen molar-refractivity contribution in [2.45, 2.75) is 298 Å². The molecule has 18 N–H and O–H groups in total. The number of fused-ring (bicyclic) bond motifs is 3. The van der Waals surface area contributed by atoms with Crippen LogP contribution in [0.4, 0.5) is 0 Å². The van der Waals surface area contributed by atoms with Gasteiger partial charge in [-0.1, -0.05) is 61.2 Å². The summed E-state index contributed by atoms with van der Waals surface area (Å²) in [4.78, 5) is 109. The summed E-state index contributed by atoms with van der Waals surface area (Å²) in [5, 5.41) is 92.9. The van der Waals surface area contributed by atoms with Gasteiger partial charge in [0.15, 0.2) is 0 Å². The molecule has 28 nitrogen and oxygen atoms in total. The number of Topliss-reactive ketones (excluding diaryl/α,β-unsaturated/α-hetero) is 3. The van der Waals surface area contributed by atoms with Gasteiger partial charge in [0.05, 0.1) is 66.7 Å². The van der Waals surface area contributed by atoms with E-state index in [1.807, 2.05) is 30.3 Å². The number of allylic oxidation sites excluding steroid dienone is 1. The van der Waals surface area contributed by atoms with E-state index in [0.717, 1.165) is 160 Å². The van der Waals surface area contributed by atoms with Crippen LogP contribution < -0.4 is 38.1 Å². The van der Waals surface area contributed by atoms with Crippen molar-refractivity contribution in [3.05, 3.63) is 193 Å². The topological polar surface area (TPSA) is 463 Å². The van der Waals surface area contributed by atoms with E-state index in [-0.39, 0.29) is 113 Å². The van der Waals surface area contributed by atoms with Gasteiger partial charge < -0.3 is 79.0 Å². The van der Waals surface area contributed by atoms with Crippen LogP contribution in [0.1, 0.15) is 275 Å². The number of ether oxygens (including phenoxy) is 2. The van der Waals surface area contributed by atoms with Gasteiger partial charge in [0.2, 0.25) is 0 Å². The molecule has 25 rings (SSSR count). The Hall–Kier alpha value is -9.98. The molecule has 2 spiro atoms. The van der Waals surface area contributed by atoms with Crippen LogP contribution in [0.3, 0.4) is 0 Å². The number of ketones is 3. The number of aromatic hydroxyl groups is 3. The number of amides is 5. The third kappa shape index (κ3) is 13.3. The minimum absolute atomic E-state index is 0.0467. The van der Waals surface area contributed by atoms with E-state index in [1.54, 1.807) is 30.3 Å². The van der Waals surface area contributed by atoms with Crippen LogP contribution in [-0.4, -0.2) is 248 Å². The van der Waals surface area contributed by atoms with Crippen molar-refractivity contribution in [3.63, 3.8) is 0 Å². The van der Waals surface area contributed by atoms with Gasteiger partial charge in [-0.05, 0) is 281 Å². The van der Waals surface area contributed by atoms with E-state index in [9.17, 15) is 79.2 Å². The van der Waals surface area contributed by atoms with E-state index in [4.69, 9.17) is 38.1 Å². The number of hydrogen-bond acceptors (Lipinski definition) is 23. The standard InChI is InChI=1S/C22H28N2O4.2C22H26N2O3.C21H26N2O4.C20H24N2O4/c1-13(2)6-9-24-10-8-21-12-15(25)5-7-22(21,28)17(24)11-14-3-4-16(20(23)27)19(26)18(14)21;2*1-12-6-7-22(26)16-10-14-4-5-15(20(23)25)18-17(14)21(22,19(12)27-18)8-9-24(16)11-13-2-3-13;22-19(26)15-4-3-13-9-16-21(27)6-5-14(24)10-20(21,17(13)18(15)25)7-8-23(16)11-12-1-2-12;1-2-8-22-9-7-19-11-13(23)5-6-20(19,26)15(22)10-12-3-4-14(18(21)25)17(24)16(12)19/h3-4,6,17,26,28H,5,7-12H2,1-2H3,(H2,23,27);2*4-5,13,16,19,26H,1-3,6-11H2,(H2,23,25);3-4,12,16,25,27H,1-2,5-11H2,(H2,22,26);2-4,15,24,26H,1,5-11H2,(H2,21,25)/t17-,21-,22-;2*16-,19+,21+,22-;16-,20-,21-;15-,19-,20-/m11111/s1. The summed E-state index contributed by atoms with van der Waals surface area (Å²) in [6, 6.07) is 17.7. The number of likely N-dealkylation sites (tertiary alicyclic amines) is 5. The zero-order valence-electron chi connectivity index (χ0n) is 77.7. The van der Waals surface area contributed by atoms with Crippen LogP contribution in [-0.2, 0) is 73.6 Å². The Morgan fingerprint density at radius 1 is 0.378 bits per heavy atom. The number of nitrogens with two attached hydrogens (primary N) is 5. The number of hydrogen-bond donors (Lipinski definition) is 13. The predicted octanol–water partition coefficient (Wildman–Crippen LogP) is 7.90. The highest BCUT2D eigenvalue weighted by molar-refractivity contribution is 6.00. The minimum atomic E-state index is -1.12. The first-order chi connectivity index (χ1) is 64.3. The molecule has 5 aromatic rings. The third-order valence-corrected chi connectivity index (χ3v) is 37.3. The first-order valence-electron chi connectivity index (χ1n) is 49.5. The molecule has 8 saturated carbocycles. The van der Waals surface area contributed by atoms with Gasteiger partial charge in [-0.3, -0.25) is 62.9 Å². The molecule has 716 valence electrons. The average molecular weight is 1840 g/mol. The smallest absolute Gasteiger partial charge is 0.252 e. The second kappa shape index (κ2) is 32.3. The summed E-state index contributed by atoms with van der Waals surface area (Å²) in [6.45, 7) is 25.3. The third-order valence-electron chi connectivity index (χ3n) is 37.3. The number of carbonyl (C=O) groups is 8. The van der Waals surface area contributed by atoms with Crippen molar-refractivity contribution < 1.29 is 88.7 Å². The highest BCUT2D eigenvalue weighted by Crippen LogP contribution is 2.70. The van der Waals surface area contributed by atoms with Gasteiger partial charge in [0.1, 0.15) is 58.3 Å². The lowest BCUT2D eigenvalue weighted by Crippen LogP contribution is -2.75. The Balaban J connectivity index is 0.000000101. The fourth-order valence-corrected chi connectivity index (χ4v) is 30.6. The van der Waals surface area contributed by atoms with Gasteiger partial charge in [-0.2, -0.15) is 0 Å². The summed E-state index contributed by atoms with van der Waals surface area (Å²) < 4.78 is 12.8. The molecular weight excluding hydrogens is 1710 g/mol. The molecule has 13 fully saturated rings. The molecule has 0 aromatic heterocycles. The highest BCUT2D eigenvalue weighted by Gasteiger charge is 2.76. The molecule has 7 heterocycles. The summed E-state index contributed by atoms with van der Waals surface area (Å²) in [5.41, 5.74) is 32.4. The zero-order chi connectivity index (χ0) is 95.0. The number of nitrogens with zero attached hydrogens (tertiary/aromatic N) is 5. The largest absolute Gasteiger partial charge is 0.507 e. The molecule has 5 aromatic carbocycles. The molecule has 17 atom stereocenters. The van der Waals surface area contributed by atoms with E-state index in [0.29, 0.717) is 129 Å². The Morgan fingerprint density at radius 2 is 0.652 bits per heavy atom. The molecule has 20 aliphatic rings. The average Bonchev–Trinajstić information content (AvgIpc) is 1.47. The van der Waals surface area contributed by atoms with Crippen molar-refractivity contribution in [3.8, 4) is 28.7 Å². The number of rotatable bonds is 15. The maximum atomic E-state index is 12.5. The van der Waals surface area contributed by atoms with E-state index >= 15 is 0 Å². The van der Waals surface area contributed by atoms with Crippen LogP contribution in [0.15, 0.2) is 109 Å². The van der Waals surface area contributed by atoms with Crippen LogP contribution in [0.2, 0.25) is 0 Å². The number of piperidine rings is 5. The lowest BCUT2D eigenvalue weighted by Gasteiger charge is -2.63. The maximum Gasteiger partial charge on any atom is 0.252 e. The first-order valence-corrected chi connectivity index (χ1v) is 49.5. The lowest BCUT2D eigenvalue weighted by molar-refractivity contribution is -0.174. The van der Waals surface area contributed by atoms with Crippen LogP contribution in [0, 0.1) is 17.8 Å². The van der Waals surface area contributed by atoms with Crippen molar-refractivity contribution >= 4 is 46.9 Å². The molecule has 0 unspecified atom stereocenters. The normalized spacial score (nSPS) is 35.7. The van der Waals surface area contributed by atoms with Crippen molar-refractivity contribution in [2.75, 3.05) is 65.4 Å². The minimum Gasteiger partial charge on any atom is -0.507 e. The first kappa shape index (κ1) is 91.4. The van der Waals surface area contributed by atoms with Crippen LogP contribution >= 0.6 is 0 Å². The quantitative estimate of drug-likeness (QED) is 0.0443. The van der Waals surface area contributed by atoms with Crippen LogP contribution in [0.25, 0.3) is 0 Å². The second-order valence-electron chi connectivity index (χ2n) is 44.3. The summed E-state index contributed by atoms with van der Waals surface area (Å²) in [5.74, 6) is 0.336. The Bertz CT molecular complexity index is 5830. The number of benzene rings is 5. The Morgan fingerprint density at radius 3 is 0.956 bits per heavy atom. The Kier molecular flexibility index (Phi) is 21.9. The van der Waals surface area contributed by atoms with Crippen molar-refractivity contribution in [2.24, 2.45) is 46.4 Å². The number of phenols is 3. The molecule has 7 aliphatic heterocycles.